The summed E-state index contributed by atoms with van der Waals surface area (Å²) < 4.78 is 2.14. The van der Waals surface area contributed by atoms with E-state index in [0.717, 1.165) is 28.3 Å². The summed E-state index contributed by atoms with van der Waals surface area (Å²) in [5.74, 6) is 0. The first-order valence-corrected chi connectivity index (χ1v) is 14.6. The molecule has 3 heteroatoms. The Hall–Kier alpha value is -5.80. The quantitative estimate of drug-likeness (QED) is 0.219. The lowest BCUT2D eigenvalue weighted by Gasteiger charge is -2.11. The molecule has 5 aromatic carbocycles. The van der Waals surface area contributed by atoms with Crippen molar-refractivity contribution in [1.29, 1.82) is 0 Å². The summed E-state index contributed by atoms with van der Waals surface area (Å²) in [6.07, 6.45) is 3.88. The van der Waals surface area contributed by atoms with E-state index < -0.39 is 0 Å². The Morgan fingerprint density at radius 2 is 1.07 bits per heavy atom. The summed E-state index contributed by atoms with van der Waals surface area (Å²) in [5.41, 5.74) is 15.0. The number of nitrogens with zero attached hydrogens (tertiary/aromatic N) is 3. The van der Waals surface area contributed by atoms with Gasteiger partial charge in [0.1, 0.15) is 11.3 Å². The molecule has 0 aliphatic heterocycles. The molecule has 0 fully saturated rings. The first kappa shape index (κ1) is 23.9. The zero-order chi connectivity index (χ0) is 28.3. The third kappa shape index (κ3) is 3.68. The average Bonchev–Trinajstić information content (AvgIpc) is 3.63. The molecule has 1 aliphatic carbocycles. The van der Waals surface area contributed by atoms with Gasteiger partial charge in [-0.1, -0.05) is 115 Å². The van der Waals surface area contributed by atoms with Gasteiger partial charge in [-0.05, 0) is 79.5 Å². The lowest BCUT2D eigenvalue weighted by molar-refractivity contribution is 1.19. The van der Waals surface area contributed by atoms with Gasteiger partial charge in [-0.25, -0.2) is 4.98 Å². The Balaban J connectivity index is 1.08. The summed E-state index contributed by atoms with van der Waals surface area (Å²) in [4.78, 5) is 9.52. The van der Waals surface area contributed by atoms with E-state index in [4.69, 9.17) is 4.98 Å². The molecule has 0 spiro atoms. The van der Waals surface area contributed by atoms with E-state index in [1.165, 1.54) is 55.3 Å². The van der Waals surface area contributed by atoms with E-state index in [9.17, 15) is 0 Å². The van der Waals surface area contributed by atoms with Gasteiger partial charge in [0.2, 0.25) is 0 Å². The Labute approximate surface area is 249 Å². The number of imidazole rings is 1. The smallest absolute Gasteiger partial charge is 0.138 e. The molecule has 0 saturated heterocycles. The Morgan fingerprint density at radius 1 is 0.442 bits per heavy atom. The number of hydrogen-bond acceptors (Lipinski definition) is 2. The maximum atomic E-state index is 4.93. The largest absolute Gasteiger partial charge is 0.299 e. The van der Waals surface area contributed by atoms with Crippen LogP contribution in [0.3, 0.4) is 0 Å². The number of pyridine rings is 2. The highest BCUT2D eigenvalue weighted by Crippen LogP contribution is 2.49. The Bertz CT molecular complexity index is 2280. The molecule has 3 aromatic heterocycles. The molecule has 0 unspecified atom stereocenters. The summed E-state index contributed by atoms with van der Waals surface area (Å²) in [6.45, 7) is 0. The van der Waals surface area contributed by atoms with Crippen LogP contribution in [-0.2, 0) is 0 Å². The van der Waals surface area contributed by atoms with Gasteiger partial charge in [0.25, 0.3) is 0 Å². The molecule has 1 aliphatic rings. The van der Waals surface area contributed by atoms with Crippen LogP contribution in [-0.4, -0.2) is 14.4 Å². The van der Waals surface area contributed by atoms with E-state index in [1.807, 2.05) is 42.6 Å². The number of rotatable bonds is 4. The number of hydrogen-bond donors (Lipinski definition) is 0. The fourth-order valence-electron chi connectivity index (χ4n) is 6.68. The lowest BCUT2D eigenvalue weighted by Crippen LogP contribution is -1.90. The highest BCUT2D eigenvalue weighted by Gasteiger charge is 2.22. The van der Waals surface area contributed by atoms with E-state index in [2.05, 4.69) is 119 Å². The molecule has 200 valence electrons. The second kappa shape index (κ2) is 9.37. The van der Waals surface area contributed by atoms with Crippen molar-refractivity contribution in [2.75, 3.05) is 0 Å². The first-order chi connectivity index (χ1) is 21.3. The minimum absolute atomic E-state index is 0.868. The molecule has 0 saturated carbocycles. The number of benzene rings is 5. The van der Waals surface area contributed by atoms with Crippen LogP contribution in [0.5, 0.6) is 0 Å². The van der Waals surface area contributed by atoms with Crippen LogP contribution >= 0.6 is 0 Å². The van der Waals surface area contributed by atoms with Crippen molar-refractivity contribution in [2.45, 2.75) is 0 Å². The van der Waals surface area contributed by atoms with Gasteiger partial charge in [0, 0.05) is 18.0 Å². The maximum absolute atomic E-state index is 4.93. The first-order valence-electron chi connectivity index (χ1n) is 14.6. The zero-order valence-corrected chi connectivity index (χ0v) is 23.3. The molecule has 3 heterocycles. The molecular formula is C40H25N3. The van der Waals surface area contributed by atoms with E-state index in [1.54, 1.807) is 0 Å². The van der Waals surface area contributed by atoms with Crippen LogP contribution in [0.2, 0.25) is 0 Å². The molecule has 0 radical (unpaired) electrons. The minimum Gasteiger partial charge on any atom is -0.299 e. The third-order valence-corrected chi connectivity index (χ3v) is 8.67. The van der Waals surface area contributed by atoms with E-state index in [0.29, 0.717) is 0 Å². The molecule has 0 atom stereocenters. The van der Waals surface area contributed by atoms with Crippen molar-refractivity contribution < 1.29 is 0 Å². The predicted molar refractivity (Wildman–Crippen MR) is 177 cm³/mol. The van der Waals surface area contributed by atoms with Gasteiger partial charge in [0.15, 0.2) is 0 Å². The van der Waals surface area contributed by atoms with Gasteiger partial charge in [0.05, 0.1) is 11.4 Å². The highest BCUT2D eigenvalue weighted by atomic mass is 15.0. The van der Waals surface area contributed by atoms with E-state index in [-0.39, 0.29) is 0 Å². The van der Waals surface area contributed by atoms with Gasteiger partial charge in [-0.3, -0.25) is 9.38 Å². The normalized spacial score (nSPS) is 11.7. The van der Waals surface area contributed by atoms with Crippen molar-refractivity contribution in [3.63, 3.8) is 0 Å². The summed E-state index contributed by atoms with van der Waals surface area (Å²) in [6, 6.07) is 49.8. The van der Waals surface area contributed by atoms with Crippen LogP contribution in [0.15, 0.2) is 152 Å². The fraction of sp³-hybridized carbons (Fsp3) is 0. The summed E-state index contributed by atoms with van der Waals surface area (Å²) >= 11 is 0. The van der Waals surface area contributed by atoms with Crippen molar-refractivity contribution in [2.24, 2.45) is 0 Å². The third-order valence-electron chi connectivity index (χ3n) is 8.67. The predicted octanol–water partition coefficient (Wildman–Crippen LogP) is 10.2. The van der Waals surface area contributed by atoms with Crippen molar-refractivity contribution in [1.82, 2.24) is 14.4 Å². The Morgan fingerprint density at radius 3 is 1.81 bits per heavy atom. The van der Waals surface area contributed by atoms with Crippen LogP contribution < -0.4 is 0 Å². The second-order valence-corrected chi connectivity index (χ2v) is 11.0. The van der Waals surface area contributed by atoms with E-state index >= 15 is 0 Å². The van der Waals surface area contributed by atoms with Crippen molar-refractivity contribution in [3.8, 4) is 67.2 Å². The van der Waals surface area contributed by atoms with Crippen LogP contribution in [0.1, 0.15) is 0 Å². The summed E-state index contributed by atoms with van der Waals surface area (Å²) in [7, 11) is 0. The second-order valence-electron chi connectivity index (χ2n) is 11.0. The minimum atomic E-state index is 0.868. The number of fused-ring (bicyclic) bond motifs is 4. The molecule has 43 heavy (non-hydrogen) atoms. The van der Waals surface area contributed by atoms with Crippen LogP contribution in [0, 0.1) is 0 Å². The summed E-state index contributed by atoms with van der Waals surface area (Å²) in [5, 5.41) is 2.67. The monoisotopic (exact) mass is 547 g/mol. The van der Waals surface area contributed by atoms with Gasteiger partial charge in [-0.2, -0.15) is 0 Å². The SMILES string of the molecule is c1ccc(-c2nc3ccccn3c2-c2ccc(-c3ccc(-c4ccc5c6c(cccc46)-c4ccccc4-5)cc3)cc2)nc1. The average molecular weight is 548 g/mol. The van der Waals surface area contributed by atoms with Gasteiger partial charge in [-0.15, -0.1) is 0 Å². The van der Waals surface area contributed by atoms with Crippen LogP contribution in [0.25, 0.3) is 83.6 Å². The molecular weight excluding hydrogens is 522 g/mol. The van der Waals surface area contributed by atoms with Crippen molar-refractivity contribution in [3.05, 3.63) is 152 Å². The Kier molecular flexibility index (Phi) is 5.20. The molecule has 9 rings (SSSR count). The lowest BCUT2D eigenvalue weighted by atomic mass is 9.93. The van der Waals surface area contributed by atoms with Crippen LogP contribution in [0.4, 0.5) is 0 Å². The standard InChI is InChI=1S/C40H25N3/c1-2-9-32-31(8-1)34-11-7-10-33-30(22-23-35(32)38(33)34)28-18-14-26(15-19-28)27-16-20-29(21-17-27)40-39(36-12-3-5-24-41-36)42-37-13-4-6-25-43(37)40/h1-25H. The van der Waals surface area contributed by atoms with Gasteiger partial charge >= 0.3 is 0 Å². The molecule has 8 aromatic rings. The molecule has 0 amide bonds. The fourth-order valence-corrected chi connectivity index (χ4v) is 6.68. The maximum Gasteiger partial charge on any atom is 0.138 e. The highest BCUT2D eigenvalue weighted by molar-refractivity contribution is 6.18. The molecule has 0 N–H and O–H groups in total. The topological polar surface area (TPSA) is 30.2 Å². The molecule has 0 bridgehead atoms. The van der Waals surface area contributed by atoms with Crippen molar-refractivity contribution >= 4 is 16.4 Å². The number of aromatic nitrogens is 3. The zero-order valence-electron chi connectivity index (χ0n) is 23.3. The molecule has 3 nitrogen and oxygen atoms in total. The van der Waals surface area contributed by atoms with Gasteiger partial charge < -0.3 is 0 Å².